The Balaban J connectivity index is 1.44. The van der Waals surface area contributed by atoms with Gasteiger partial charge in [-0.1, -0.05) is 19.3 Å². The molecule has 7 nitrogen and oxygen atoms in total. The Bertz CT molecular complexity index is 444. The second-order valence-corrected chi connectivity index (χ2v) is 7.03. The summed E-state index contributed by atoms with van der Waals surface area (Å²) in [6.45, 7) is 2.57. The Kier molecular flexibility index (Phi) is 8.55. The van der Waals surface area contributed by atoms with Crippen LogP contribution >= 0.6 is 0 Å². The summed E-state index contributed by atoms with van der Waals surface area (Å²) in [4.78, 5) is 37.2. The summed E-state index contributed by atoms with van der Waals surface area (Å²) >= 11 is 0. The zero-order valence-corrected chi connectivity index (χ0v) is 15.1. The maximum atomic E-state index is 11.8. The van der Waals surface area contributed by atoms with Gasteiger partial charge in [-0.15, -0.1) is 0 Å². The van der Waals surface area contributed by atoms with Crippen LogP contribution in [-0.4, -0.2) is 55.0 Å². The van der Waals surface area contributed by atoms with Gasteiger partial charge in [-0.2, -0.15) is 0 Å². The number of carbonyl (C=O) groups is 3. The van der Waals surface area contributed by atoms with E-state index in [1.807, 2.05) is 4.90 Å². The first-order valence-electron chi connectivity index (χ1n) is 9.74. The van der Waals surface area contributed by atoms with Gasteiger partial charge in [0.15, 0.2) is 0 Å². The Morgan fingerprint density at radius 1 is 0.840 bits per heavy atom. The molecule has 1 aliphatic carbocycles. The van der Waals surface area contributed by atoms with E-state index in [2.05, 4.69) is 16.0 Å². The van der Waals surface area contributed by atoms with Gasteiger partial charge in [0.05, 0.1) is 0 Å². The quantitative estimate of drug-likeness (QED) is 0.579. The molecule has 0 aromatic carbocycles. The van der Waals surface area contributed by atoms with Gasteiger partial charge in [-0.05, 0) is 32.1 Å². The summed E-state index contributed by atoms with van der Waals surface area (Å²) in [5, 5.41) is 8.57. The van der Waals surface area contributed by atoms with Gasteiger partial charge in [0.2, 0.25) is 11.8 Å². The monoisotopic (exact) mass is 352 g/mol. The van der Waals surface area contributed by atoms with Crippen molar-refractivity contribution >= 4 is 17.8 Å². The zero-order chi connectivity index (χ0) is 17.9. The van der Waals surface area contributed by atoms with Crippen molar-refractivity contribution in [3.8, 4) is 0 Å². The van der Waals surface area contributed by atoms with E-state index >= 15 is 0 Å². The molecule has 4 amide bonds. The Morgan fingerprint density at radius 2 is 1.56 bits per heavy atom. The van der Waals surface area contributed by atoms with Gasteiger partial charge in [0, 0.05) is 45.1 Å². The molecular formula is C18H32N4O3. The highest BCUT2D eigenvalue weighted by molar-refractivity contribution is 5.79. The lowest BCUT2D eigenvalue weighted by molar-refractivity contribution is -0.130. The van der Waals surface area contributed by atoms with Crippen LogP contribution in [0.3, 0.4) is 0 Å². The molecule has 2 aliphatic rings. The zero-order valence-electron chi connectivity index (χ0n) is 15.1. The standard InChI is InChI=1S/C18H32N4O3/c23-16(19-12-10-17(24)22-13-4-5-14-22)9-6-11-20-18(25)21-15-7-2-1-3-8-15/h15H,1-14H2,(H,19,23)(H2,20,21,25). The van der Waals surface area contributed by atoms with Crippen molar-refractivity contribution in [2.45, 2.75) is 70.3 Å². The molecule has 0 unspecified atom stereocenters. The van der Waals surface area contributed by atoms with E-state index in [-0.39, 0.29) is 17.8 Å². The van der Waals surface area contributed by atoms with Crippen LogP contribution in [0.25, 0.3) is 0 Å². The molecule has 1 saturated carbocycles. The van der Waals surface area contributed by atoms with Crippen LogP contribution in [0.15, 0.2) is 0 Å². The number of carbonyl (C=O) groups excluding carboxylic acids is 3. The van der Waals surface area contributed by atoms with Crippen LogP contribution in [0.2, 0.25) is 0 Å². The molecule has 2 rings (SSSR count). The van der Waals surface area contributed by atoms with E-state index in [9.17, 15) is 14.4 Å². The molecule has 1 saturated heterocycles. The van der Waals surface area contributed by atoms with Crippen molar-refractivity contribution in [2.75, 3.05) is 26.2 Å². The Hall–Kier alpha value is -1.79. The third kappa shape index (κ3) is 7.75. The average Bonchev–Trinajstić information content (AvgIpc) is 3.14. The number of urea groups is 1. The minimum atomic E-state index is -0.136. The number of hydrogen-bond donors (Lipinski definition) is 3. The fraction of sp³-hybridized carbons (Fsp3) is 0.833. The van der Waals surface area contributed by atoms with Gasteiger partial charge in [-0.3, -0.25) is 9.59 Å². The second kappa shape index (κ2) is 10.9. The lowest BCUT2D eigenvalue weighted by atomic mass is 9.96. The Morgan fingerprint density at radius 3 is 2.28 bits per heavy atom. The molecule has 1 heterocycles. The first-order chi connectivity index (χ1) is 12.1. The van der Waals surface area contributed by atoms with E-state index in [1.165, 1.54) is 19.3 Å². The largest absolute Gasteiger partial charge is 0.356 e. The average molecular weight is 352 g/mol. The number of nitrogens with zero attached hydrogens (tertiary/aromatic N) is 1. The molecule has 0 atom stereocenters. The normalized spacial score (nSPS) is 18.0. The van der Waals surface area contributed by atoms with Crippen molar-refractivity contribution in [1.82, 2.24) is 20.9 Å². The number of nitrogens with one attached hydrogen (secondary N) is 3. The third-order valence-electron chi connectivity index (χ3n) is 4.93. The topological polar surface area (TPSA) is 90.5 Å². The molecule has 0 aromatic heterocycles. The number of hydrogen-bond acceptors (Lipinski definition) is 3. The van der Waals surface area contributed by atoms with Crippen LogP contribution in [0, 0.1) is 0 Å². The smallest absolute Gasteiger partial charge is 0.315 e. The lowest BCUT2D eigenvalue weighted by Crippen LogP contribution is -2.43. The van der Waals surface area contributed by atoms with Gasteiger partial charge in [0.25, 0.3) is 0 Å². The molecule has 1 aliphatic heterocycles. The summed E-state index contributed by atoms with van der Waals surface area (Å²) in [6, 6.07) is 0.161. The van der Waals surface area contributed by atoms with E-state index in [0.29, 0.717) is 38.4 Å². The maximum absolute atomic E-state index is 11.8. The molecule has 3 N–H and O–H groups in total. The fourth-order valence-electron chi connectivity index (χ4n) is 3.46. The fourth-order valence-corrected chi connectivity index (χ4v) is 3.46. The Labute approximate surface area is 150 Å². The van der Waals surface area contributed by atoms with Gasteiger partial charge >= 0.3 is 6.03 Å². The minimum absolute atomic E-state index is 0.0660. The van der Waals surface area contributed by atoms with Crippen molar-refractivity contribution in [3.63, 3.8) is 0 Å². The molecule has 25 heavy (non-hydrogen) atoms. The molecule has 0 spiro atoms. The summed E-state index contributed by atoms with van der Waals surface area (Å²) in [5.74, 6) is 0.0579. The molecule has 7 heteroatoms. The summed E-state index contributed by atoms with van der Waals surface area (Å²) < 4.78 is 0. The number of amides is 4. The maximum Gasteiger partial charge on any atom is 0.315 e. The number of likely N-dealkylation sites (tertiary alicyclic amines) is 1. The van der Waals surface area contributed by atoms with E-state index in [0.717, 1.165) is 38.8 Å². The van der Waals surface area contributed by atoms with Crippen LogP contribution in [-0.2, 0) is 9.59 Å². The van der Waals surface area contributed by atoms with Crippen LogP contribution < -0.4 is 16.0 Å². The van der Waals surface area contributed by atoms with Crippen molar-refractivity contribution in [3.05, 3.63) is 0 Å². The minimum Gasteiger partial charge on any atom is -0.356 e. The summed E-state index contributed by atoms with van der Waals surface area (Å²) in [7, 11) is 0. The SMILES string of the molecule is O=C(CCCNC(=O)NC1CCCCC1)NCCC(=O)N1CCCC1. The van der Waals surface area contributed by atoms with Crippen molar-refractivity contribution in [1.29, 1.82) is 0 Å². The van der Waals surface area contributed by atoms with Gasteiger partial charge < -0.3 is 20.9 Å². The van der Waals surface area contributed by atoms with Gasteiger partial charge in [0.1, 0.15) is 0 Å². The highest BCUT2D eigenvalue weighted by Crippen LogP contribution is 2.17. The van der Waals surface area contributed by atoms with Crippen LogP contribution in [0.1, 0.15) is 64.2 Å². The predicted molar refractivity (Wildman–Crippen MR) is 96.1 cm³/mol. The van der Waals surface area contributed by atoms with Crippen LogP contribution in [0.5, 0.6) is 0 Å². The summed E-state index contributed by atoms with van der Waals surface area (Å²) in [6.07, 6.45) is 9.26. The molecular weight excluding hydrogens is 320 g/mol. The van der Waals surface area contributed by atoms with Crippen LogP contribution in [0.4, 0.5) is 4.79 Å². The predicted octanol–water partition coefficient (Wildman–Crippen LogP) is 1.53. The van der Waals surface area contributed by atoms with Gasteiger partial charge in [-0.25, -0.2) is 4.79 Å². The molecule has 0 radical (unpaired) electrons. The van der Waals surface area contributed by atoms with E-state index in [4.69, 9.17) is 0 Å². The van der Waals surface area contributed by atoms with Crippen molar-refractivity contribution < 1.29 is 14.4 Å². The first kappa shape index (κ1) is 19.5. The van der Waals surface area contributed by atoms with Crippen molar-refractivity contribution in [2.24, 2.45) is 0 Å². The molecule has 0 aromatic rings. The second-order valence-electron chi connectivity index (χ2n) is 7.03. The van der Waals surface area contributed by atoms with E-state index < -0.39 is 0 Å². The number of rotatable bonds is 8. The summed E-state index contributed by atoms with van der Waals surface area (Å²) in [5.41, 5.74) is 0. The third-order valence-corrected chi connectivity index (χ3v) is 4.93. The first-order valence-corrected chi connectivity index (χ1v) is 9.74. The lowest BCUT2D eigenvalue weighted by Gasteiger charge is -2.22. The molecule has 2 fully saturated rings. The highest BCUT2D eigenvalue weighted by atomic mass is 16.2. The van der Waals surface area contributed by atoms with E-state index in [1.54, 1.807) is 0 Å². The molecule has 142 valence electrons. The molecule has 0 bridgehead atoms. The highest BCUT2D eigenvalue weighted by Gasteiger charge is 2.17.